The highest BCUT2D eigenvalue weighted by atomic mass is 32.1. The monoisotopic (exact) mass is 401 g/mol. The number of carbonyl (C=O) groups is 2. The smallest absolute Gasteiger partial charge is 0.341 e. The standard InChI is InChI=1S/C20H19NO4S2/c1-3-25-20(23)18-15(16-5-4-10-26-16)12-27-19(18)21-17(22)11-13-6-8-14(24-2)9-7-13/h4-10,12H,3,11H2,1-2H3,(H,21,22). The lowest BCUT2D eigenvalue weighted by atomic mass is 10.1. The summed E-state index contributed by atoms with van der Waals surface area (Å²) in [5, 5.41) is 7.20. The molecule has 0 fully saturated rings. The van der Waals surface area contributed by atoms with E-state index in [4.69, 9.17) is 9.47 Å². The molecule has 0 saturated carbocycles. The van der Waals surface area contributed by atoms with Crippen molar-refractivity contribution < 1.29 is 19.1 Å². The Morgan fingerprint density at radius 3 is 2.52 bits per heavy atom. The SMILES string of the molecule is CCOC(=O)c1c(-c2cccs2)csc1NC(=O)Cc1ccc(OC)cc1. The number of esters is 1. The Morgan fingerprint density at radius 2 is 1.89 bits per heavy atom. The predicted octanol–water partition coefficient (Wildman–Crippen LogP) is 4.84. The number of benzene rings is 1. The quantitative estimate of drug-likeness (QED) is 0.575. The van der Waals surface area contributed by atoms with Gasteiger partial charge in [-0.2, -0.15) is 0 Å². The van der Waals surface area contributed by atoms with Crippen molar-refractivity contribution in [3.05, 3.63) is 58.3 Å². The van der Waals surface area contributed by atoms with Gasteiger partial charge in [0.25, 0.3) is 0 Å². The van der Waals surface area contributed by atoms with Gasteiger partial charge in [0.15, 0.2) is 0 Å². The molecule has 3 rings (SSSR count). The van der Waals surface area contributed by atoms with Crippen LogP contribution in [0.4, 0.5) is 5.00 Å². The fourth-order valence-corrected chi connectivity index (χ4v) is 4.36. The van der Waals surface area contributed by atoms with E-state index < -0.39 is 5.97 Å². The number of methoxy groups -OCH3 is 1. The molecule has 1 N–H and O–H groups in total. The molecule has 0 saturated heterocycles. The van der Waals surface area contributed by atoms with Crippen LogP contribution >= 0.6 is 22.7 Å². The zero-order chi connectivity index (χ0) is 19.2. The molecule has 0 atom stereocenters. The minimum absolute atomic E-state index is 0.190. The van der Waals surface area contributed by atoms with Gasteiger partial charge in [0, 0.05) is 15.8 Å². The lowest BCUT2D eigenvalue weighted by Crippen LogP contribution is -2.16. The topological polar surface area (TPSA) is 64.6 Å². The average molecular weight is 402 g/mol. The molecular weight excluding hydrogens is 382 g/mol. The zero-order valence-corrected chi connectivity index (χ0v) is 16.6. The fourth-order valence-electron chi connectivity index (χ4n) is 2.57. The first kappa shape index (κ1) is 19.1. The zero-order valence-electron chi connectivity index (χ0n) is 15.0. The van der Waals surface area contributed by atoms with E-state index in [0.717, 1.165) is 21.8 Å². The molecule has 0 bridgehead atoms. The number of hydrogen-bond acceptors (Lipinski definition) is 6. The maximum atomic E-state index is 12.5. The number of carbonyl (C=O) groups excluding carboxylic acids is 2. The van der Waals surface area contributed by atoms with Gasteiger partial charge in [0.1, 0.15) is 16.3 Å². The second-order valence-corrected chi connectivity index (χ2v) is 7.45. The van der Waals surface area contributed by atoms with E-state index in [2.05, 4.69) is 5.32 Å². The van der Waals surface area contributed by atoms with Crippen molar-refractivity contribution in [1.29, 1.82) is 0 Å². The molecule has 27 heavy (non-hydrogen) atoms. The van der Waals surface area contributed by atoms with E-state index in [9.17, 15) is 9.59 Å². The number of nitrogens with one attached hydrogen (secondary N) is 1. The van der Waals surface area contributed by atoms with Crippen LogP contribution in [0.25, 0.3) is 10.4 Å². The highest BCUT2D eigenvalue weighted by Crippen LogP contribution is 2.38. The van der Waals surface area contributed by atoms with Crippen molar-refractivity contribution in [2.75, 3.05) is 19.0 Å². The van der Waals surface area contributed by atoms with E-state index in [-0.39, 0.29) is 18.9 Å². The van der Waals surface area contributed by atoms with Crippen molar-refractivity contribution in [3.63, 3.8) is 0 Å². The molecule has 1 aromatic carbocycles. The molecule has 5 nitrogen and oxygen atoms in total. The van der Waals surface area contributed by atoms with Gasteiger partial charge in [-0.05, 0) is 36.1 Å². The fraction of sp³-hybridized carbons (Fsp3) is 0.200. The first-order chi connectivity index (χ1) is 13.1. The van der Waals surface area contributed by atoms with Crippen molar-refractivity contribution >= 4 is 39.6 Å². The Balaban J connectivity index is 1.80. The second-order valence-electron chi connectivity index (χ2n) is 5.62. The summed E-state index contributed by atoms with van der Waals surface area (Å²) < 4.78 is 10.3. The van der Waals surface area contributed by atoms with Crippen LogP contribution in [0.15, 0.2) is 47.2 Å². The third-order valence-electron chi connectivity index (χ3n) is 3.83. The summed E-state index contributed by atoms with van der Waals surface area (Å²) in [5.41, 5.74) is 2.06. The van der Waals surface area contributed by atoms with Crippen molar-refractivity contribution in [2.45, 2.75) is 13.3 Å². The Morgan fingerprint density at radius 1 is 1.11 bits per heavy atom. The van der Waals surface area contributed by atoms with Crippen LogP contribution < -0.4 is 10.1 Å². The number of thiophene rings is 2. The summed E-state index contributed by atoms with van der Waals surface area (Å²) in [5.74, 6) is 0.120. The molecule has 2 heterocycles. The van der Waals surface area contributed by atoms with Gasteiger partial charge in [-0.15, -0.1) is 22.7 Å². The molecule has 0 spiro atoms. The van der Waals surface area contributed by atoms with Gasteiger partial charge in [-0.3, -0.25) is 4.79 Å². The van der Waals surface area contributed by atoms with Crippen LogP contribution in [-0.2, 0) is 16.0 Å². The van der Waals surface area contributed by atoms with E-state index in [1.54, 1.807) is 14.0 Å². The maximum Gasteiger partial charge on any atom is 0.341 e. The summed E-state index contributed by atoms with van der Waals surface area (Å²) in [6.45, 7) is 2.04. The normalized spacial score (nSPS) is 10.4. The Kier molecular flexibility index (Phi) is 6.26. The van der Waals surface area contributed by atoms with Crippen molar-refractivity contribution in [1.82, 2.24) is 0 Å². The van der Waals surface area contributed by atoms with Gasteiger partial charge in [0.2, 0.25) is 5.91 Å². The molecule has 0 unspecified atom stereocenters. The van der Waals surface area contributed by atoms with Crippen LogP contribution in [-0.4, -0.2) is 25.6 Å². The van der Waals surface area contributed by atoms with Gasteiger partial charge in [0.05, 0.1) is 20.1 Å². The van der Waals surface area contributed by atoms with Gasteiger partial charge in [-0.1, -0.05) is 18.2 Å². The Bertz CT molecular complexity index is 914. The van der Waals surface area contributed by atoms with Crippen LogP contribution in [0.2, 0.25) is 0 Å². The molecule has 0 aliphatic carbocycles. The molecule has 3 aromatic rings. The van der Waals surface area contributed by atoms with Gasteiger partial charge >= 0.3 is 5.97 Å². The summed E-state index contributed by atoms with van der Waals surface area (Å²) >= 11 is 2.87. The average Bonchev–Trinajstić information content (AvgIpc) is 3.32. The Labute approximate surface area is 165 Å². The van der Waals surface area contributed by atoms with Crippen LogP contribution in [0.1, 0.15) is 22.8 Å². The van der Waals surface area contributed by atoms with Crippen LogP contribution in [0.5, 0.6) is 5.75 Å². The first-order valence-electron chi connectivity index (χ1n) is 8.37. The summed E-state index contributed by atoms with van der Waals surface area (Å²) in [7, 11) is 1.60. The molecule has 7 heteroatoms. The van der Waals surface area contributed by atoms with E-state index in [0.29, 0.717) is 10.6 Å². The number of anilines is 1. The summed E-state index contributed by atoms with van der Waals surface area (Å²) in [4.78, 5) is 25.9. The molecule has 2 aromatic heterocycles. The highest BCUT2D eigenvalue weighted by molar-refractivity contribution is 7.17. The molecule has 140 valence electrons. The minimum Gasteiger partial charge on any atom is -0.497 e. The predicted molar refractivity (Wildman–Crippen MR) is 109 cm³/mol. The molecule has 1 amide bonds. The van der Waals surface area contributed by atoms with E-state index in [1.807, 2.05) is 47.2 Å². The number of ether oxygens (including phenoxy) is 2. The molecule has 0 radical (unpaired) electrons. The van der Waals surface area contributed by atoms with E-state index >= 15 is 0 Å². The summed E-state index contributed by atoms with van der Waals surface area (Å²) in [6.07, 6.45) is 0.207. The van der Waals surface area contributed by atoms with Crippen LogP contribution in [0, 0.1) is 0 Å². The lowest BCUT2D eigenvalue weighted by molar-refractivity contribution is -0.115. The van der Waals surface area contributed by atoms with Gasteiger partial charge < -0.3 is 14.8 Å². The van der Waals surface area contributed by atoms with Crippen molar-refractivity contribution in [3.8, 4) is 16.2 Å². The second kappa shape index (κ2) is 8.83. The van der Waals surface area contributed by atoms with Gasteiger partial charge in [-0.25, -0.2) is 4.79 Å². The van der Waals surface area contributed by atoms with Crippen molar-refractivity contribution in [2.24, 2.45) is 0 Å². The summed E-state index contributed by atoms with van der Waals surface area (Å²) in [6, 6.07) is 11.2. The highest BCUT2D eigenvalue weighted by Gasteiger charge is 2.23. The number of rotatable bonds is 7. The lowest BCUT2D eigenvalue weighted by Gasteiger charge is -2.08. The molecular formula is C20H19NO4S2. The maximum absolute atomic E-state index is 12.5. The number of amides is 1. The third kappa shape index (κ3) is 4.56. The first-order valence-corrected chi connectivity index (χ1v) is 10.1. The Hall–Kier alpha value is -2.64. The largest absolute Gasteiger partial charge is 0.497 e. The van der Waals surface area contributed by atoms with Crippen LogP contribution in [0.3, 0.4) is 0 Å². The number of hydrogen-bond donors (Lipinski definition) is 1. The third-order valence-corrected chi connectivity index (χ3v) is 5.63. The minimum atomic E-state index is -0.429. The molecule has 0 aliphatic heterocycles. The van der Waals surface area contributed by atoms with E-state index in [1.165, 1.54) is 22.7 Å². The molecule has 0 aliphatic rings.